The number of nitrogens with zero attached hydrogens (tertiary/aromatic N) is 4. The number of carbonyl (C=O) groups is 1. The largest absolute Gasteiger partial charge is 0.742 e. The molecule has 0 bridgehead atoms. The number of H-pyrrole nitrogens is 2. The Balaban J connectivity index is 1.32. The molecule has 6 aromatic rings. The van der Waals surface area contributed by atoms with Crippen LogP contribution in [0.4, 0.5) is 5.95 Å². The number of aromatic amines is 2. The monoisotopic (exact) mass is 1350 g/mol. The zero-order chi connectivity index (χ0) is 66.8. The number of benzene rings is 3. The molecule has 10 atom stereocenters. The molecule has 3 aromatic carbocycles. The summed E-state index contributed by atoms with van der Waals surface area (Å²) in [5.74, 6) is -3.57. The summed E-state index contributed by atoms with van der Waals surface area (Å²) in [7, 11) is -13.2. The zero-order valence-corrected chi connectivity index (χ0v) is 60.4. The van der Waals surface area contributed by atoms with Crippen molar-refractivity contribution in [1.29, 1.82) is 0 Å². The number of imidazole rings is 1. The summed E-state index contributed by atoms with van der Waals surface area (Å²) in [6.45, 7) is 28.6. The van der Waals surface area contributed by atoms with Gasteiger partial charge in [0, 0.05) is 12.3 Å². The number of ether oxygens (including phenoxy) is 3. The Bertz CT molecular complexity index is 3730. The van der Waals surface area contributed by atoms with Crippen LogP contribution in [-0.4, -0.2) is 142 Å². The molecule has 29 heteroatoms. The second kappa shape index (κ2) is 25.4. The maximum Gasteiger partial charge on any atom is 0.330 e. The van der Waals surface area contributed by atoms with Gasteiger partial charge in [0.25, 0.3) is 25.3 Å². The topological polar surface area (TPSA) is 316 Å². The van der Waals surface area contributed by atoms with Crippen LogP contribution in [0.1, 0.15) is 95.5 Å². The Morgan fingerprint density at radius 3 is 1.80 bits per heavy atom. The smallest absolute Gasteiger partial charge is 0.330 e. The van der Waals surface area contributed by atoms with Crippen LogP contribution in [0.2, 0.25) is 59.4 Å². The van der Waals surface area contributed by atoms with E-state index in [4.69, 9.17) is 32.0 Å². The van der Waals surface area contributed by atoms with Crippen molar-refractivity contribution in [2.45, 2.75) is 196 Å². The van der Waals surface area contributed by atoms with E-state index in [1.165, 1.54) is 17.1 Å². The van der Waals surface area contributed by atoms with Crippen molar-refractivity contribution in [3.05, 3.63) is 141 Å². The molecule has 0 spiro atoms. The fraction of sp³-hybridized carbons (Fsp3) is 0.541. The Labute approximate surface area is 533 Å². The van der Waals surface area contributed by atoms with Crippen molar-refractivity contribution in [1.82, 2.24) is 29.1 Å². The molecule has 2 unspecified atom stereocenters. The van der Waals surface area contributed by atoms with Gasteiger partial charge in [0.15, 0.2) is 53.0 Å². The quantitative estimate of drug-likeness (QED) is 0.0180. The summed E-state index contributed by atoms with van der Waals surface area (Å²) in [6, 6.07) is 29.0. The number of hydrogen-bond acceptors (Lipinski definition) is 17. The van der Waals surface area contributed by atoms with Crippen LogP contribution >= 0.6 is 6.72 Å². The van der Waals surface area contributed by atoms with Crippen molar-refractivity contribution < 1.29 is 61.9 Å². The fourth-order valence-electron chi connectivity index (χ4n) is 11.0. The number of carbonyl (C=O) groups excluding carboxylic acids is 1. The Hall–Kier alpha value is -4.96. The number of amides is 1. The number of rotatable bonds is 20. The third-order valence-electron chi connectivity index (χ3n) is 19.0. The second-order valence-corrected chi connectivity index (χ2v) is 52.2. The van der Waals surface area contributed by atoms with Gasteiger partial charge in [0.05, 0.1) is 21.0 Å². The van der Waals surface area contributed by atoms with E-state index in [9.17, 15) is 39.4 Å². The van der Waals surface area contributed by atoms with Crippen LogP contribution in [0.3, 0.4) is 0 Å². The van der Waals surface area contributed by atoms with Crippen LogP contribution in [0.15, 0.2) is 124 Å². The number of hydrogen-bond donors (Lipinski definition) is 7. The molecule has 90 heavy (non-hydrogen) atoms. The Kier molecular flexibility index (Phi) is 20.0. The second-order valence-electron chi connectivity index (χ2n) is 29.0. The molecule has 2 aliphatic heterocycles. The maximum atomic E-state index is 15.7. The summed E-state index contributed by atoms with van der Waals surface area (Å²) >= 11 is 0. The van der Waals surface area contributed by atoms with Crippen LogP contribution in [-0.2, 0) is 43.0 Å². The number of aromatic nitrogens is 6. The first-order chi connectivity index (χ1) is 41.4. The SMILES string of the molecule is CC(C)(C)[Si](C)(C)O[C@@H]1[C@@H](C(O)[S+]=P([O-])(O)O[C@@]2(O)[C@@H](CO[Si](c3ccccc3)(c3ccccc3)C(C)(C)C)O[C@@H](n3cnc4c(=O)[nH]c(NC(=O)COc5ccccc5)nc43)[C@@H]2O[Si](C)(C)C(C)(C)C)O[C@@H](n2ccc(=O)[nH]c2=O)[C@@]1(O)[Si](C)(C)C(C)(C)C. The van der Waals surface area contributed by atoms with Crippen molar-refractivity contribution in [2.75, 3.05) is 18.5 Å². The number of aliphatic hydroxyl groups is 3. The molecule has 2 fully saturated rings. The first kappa shape index (κ1) is 70.9. The number of para-hydroxylation sites is 1. The van der Waals surface area contributed by atoms with Crippen LogP contribution < -0.4 is 42.1 Å². The van der Waals surface area contributed by atoms with E-state index in [0.29, 0.717) is 5.75 Å². The van der Waals surface area contributed by atoms with E-state index in [2.05, 4.69) is 25.3 Å². The van der Waals surface area contributed by atoms with E-state index in [1.807, 2.05) is 183 Å². The summed E-state index contributed by atoms with van der Waals surface area (Å²) < 4.78 is 50.0. The lowest BCUT2D eigenvalue weighted by atomic mass is 10.1. The van der Waals surface area contributed by atoms with Crippen molar-refractivity contribution >= 4 is 84.1 Å². The van der Waals surface area contributed by atoms with Gasteiger partial charge in [0.2, 0.25) is 22.7 Å². The molecule has 0 radical (unpaired) electrons. The lowest BCUT2D eigenvalue weighted by Crippen LogP contribution is -2.70. The van der Waals surface area contributed by atoms with Crippen molar-refractivity contribution in [3.63, 3.8) is 0 Å². The average molecular weight is 1350 g/mol. The van der Waals surface area contributed by atoms with Gasteiger partial charge in [-0.1, -0.05) is 175 Å². The highest BCUT2D eigenvalue weighted by Gasteiger charge is 2.72. The summed E-state index contributed by atoms with van der Waals surface area (Å²) in [4.78, 5) is 96.1. The van der Waals surface area contributed by atoms with Gasteiger partial charge in [-0.25, -0.2) is 9.78 Å². The van der Waals surface area contributed by atoms with Gasteiger partial charge in [-0.3, -0.25) is 43.3 Å². The highest BCUT2D eigenvalue weighted by Crippen LogP contribution is 2.57. The summed E-state index contributed by atoms with van der Waals surface area (Å²) in [5.41, 5.74) is -4.90. The molecule has 492 valence electrons. The highest BCUT2D eigenvalue weighted by molar-refractivity contribution is 8.16. The molecule has 2 aliphatic rings. The number of anilines is 1. The van der Waals surface area contributed by atoms with Crippen molar-refractivity contribution in [3.8, 4) is 5.75 Å². The minimum Gasteiger partial charge on any atom is -0.742 e. The predicted molar refractivity (Wildman–Crippen MR) is 356 cm³/mol. The lowest BCUT2D eigenvalue weighted by molar-refractivity contribution is -0.267. The summed E-state index contributed by atoms with van der Waals surface area (Å²) in [5, 5.41) is 40.4. The average Bonchev–Trinajstić information content (AvgIpc) is 1.50. The third-order valence-corrected chi connectivity index (χ3v) is 42.1. The molecule has 0 saturated carbocycles. The first-order valence-corrected chi connectivity index (χ1v) is 43.7. The van der Waals surface area contributed by atoms with Gasteiger partial charge < -0.3 is 52.6 Å². The standard InChI is InChI=1S/C61H90N7O16PSSi4/c1-56(2,3)87(13,14)61(75)47(82-88(15,16)57(4,5)6)46(81-53(61)67-35-34-43(69)64-55(67)73)52(72)86-85(76,77)84-60(74)42(36-79-90(59(10,11)12,40-30-24-20-25-31-40)41-32-26-21-27-33-41)80-51(48(60)83-89(17,18)58(7,8)9)68-38-62-45-49(68)65-54(66-50(45)71)63-44(70)37-78-39-28-22-19-23-29-39/h19-35,38,42,46-48,51-53,72,74-75H,36-37H2,1-18H3,(H4-,63,64,65,66,69,70,71,73,76,77)/t42-,46+,47-,48+,51-,52?,53-,60+,61+/m1/s1. The normalized spacial score (nSPS) is 24.2. The van der Waals surface area contributed by atoms with Crippen molar-refractivity contribution in [2.24, 2.45) is 0 Å². The number of nitrogens with one attached hydrogen (secondary N) is 3. The molecule has 3 aromatic heterocycles. The van der Waals surface area contributed by atoms with Crippen LogP contribution in [0.5, 0.6) is 5.75 Å². The molecule has 2 saturated heterocycles. The highest BCUT2D eigenvalue weighted by atomic mass is 32.5. The molecule has 8 rings (SSSR count). The van der Waals surface area contributed by atoms with Gasteiger partial charge in [0.1, 0.15) is 29.3 Å². The fourth-order valence-corrected chi connectivity index (χ4v) is 24.1. The Morgan fingerprint density at radius 1 is 0.756 bits per heavy atom. The summed E-state index contributed by atoms with van der Waals surface area (Å²) in [6.07, 6.45) is -7.57. The van der Waals surface area contributed by atoms with E-state index in [-0.39, 0.29) is 28.1 Å². The minimum absolute atomic E-state index is 0.00174. The lowest BCUT2D eigenvalue weighted by Gasteiger charge is -2.53. The first-order valence-electron chi connectivity index (χ1n) is 29.9. The van der Waals surface area contributed by atoms with Crippen LogP contribution in [0, 0.1) is 0 Å². The van der Waals surface area contributed by atoms with Crippen LogP contribution in [0.25, 0.3) is 11.2 Å². The zero-order valence-electron chi connectivity index (χ0n) is 54.7. The molecule has 0 aliphatic carbocycles. The van der Waals surface area contributed by atoms with Gasteiger partial charge in [-0.15, -0.1) is 0 Å². The number of fused-ring (bicyclic) bond motifs is 1. The van der Waals surface area contributed by atoms with Gasteiger partial charge in [-0.05, 0) is 68.8 Å². The van der Waals surface area contributed by atoms with E-state index >= 15 is 4.89 Å². The maximum absolute atomic E-state index is 15.7. The molecular weight excluding hydrogens is 1260 g/mol. The molecule has 1 amide bonds. The van der Waals surface area contributed by atoms with Gasteiger partial charge >= 0.3 is 17.8 Å². The van der Waals surface area contributed by atoms with E-state index < -0.39 is 149 Å². The Morgan fingerprint density at radius 2 is 1.29 bits per heavy atom. The molecular formula is C61H90N7O16PSSi4. The molecule has 5 heterocycles. The minimum atomic E-state index is -5.59. The number of aliphatic hydroxyl groups excluding tert-OH is 1. The molecule has 7 N–H and O–H groups in total. The molecule has 23 nitrogen and oxygen atoms in total. The predicted octanol–water partition coefficient (Wildman–Crippen LogP) is 6.75. The van der Waals surface area contributed by atoms with E-state index in [0.717, 1.165) is 21.0 Å². The van der Waals surface area contributed by atoms with E-state index in [1.54, 1.807) is 30.3 Å². The third kappa shape index (κ3) is 13.7. The van der Waals surface area contributed by atoms with Gasteiger partial charge in [-0.2, -0.15) is 4.98 Å².